The van der Waals surface area contributed by atoms with Gasteiger partial charge in [-0.05, 0) is 80.1 Å². The minimum absolute atomic E-state index is 0.0482. The summed E-state index contributed by atoms with van der Waals surface area (Å²) >= 11 is 1.59. The van der Waals surface area contributed by atoms with Crippen LogP contribution >= 0.6 is 11.3 Å². The fourth-order valence-electron chi connectivity index (χ4n) is 5.01. The average Bonchev–Trinajstić information content (AvgIpc) is 3.57. The second-order valence-corrected chi connectivity index (χ2v) is 12.1. The first-order chi connectivity index (χ1) is 19.7. The van der Waals surface area contributed by atoms with Crippen LogP contribution in [0.2, 0.25) is 0 Å². The summed E-state index contributed by atoms with van der Waals surface area (Å²) in [7, 11) is 0. The fourth-order valence-corrected chi connectivity index (χ4v) is 5.73. The van der Waals surface area contributed by atoms with Gasteiger partial charge >= 0.3 is 6.09 Å². The van der Waals surface area contributed by atoms with E-state index >= 15 is 0 Å². The Hall–Kier alpha value is -3.73. The molecule has 0 unspecified atom stereocenters. The van der Waals surface area contributed by atoms with Gasteiger partial charge in [0, 0.05) is 42.3 Å². The lowest BCUT2D eigenvalue weighted by molar-refractivity contribution is -0.117. The van der Waals surface area contributed by atoms with E-state index in [2.05, 4.69) is 15.5 Å². The zero-order valence-electron chi connectivity index (χ0n) is 23.7. The molecular weight excluding hydrogens is 540 g/mol. The topological polar surface area (TPSA) is 100 Å². The van der Waals surface area contributed by atoms with Crippen LogP contribution in [0.4, 0.5) is 21.9 Å². The largest absolute Gasteiger partial charge is 0.444 e. The number of thiophene rings is 1. The maximum Gasteiger partial charge on any atom is 0.412 e. The number of ether oxygens (including phenoxy) is 2. The van der Waals surface area contributed by atoms with Crippen molar-refractivity contribution in [2.24, 2.45) is 0 Å². The Labute approximate surface area is 244 Å². The van der Waals surface area contributed by atoms with Gasteiger partial charge in [-0.25, -0.2) is 4.79 Å². The fraction of sp³-hybridized carbons (Fsp3) is 0.387. The Balaban J connectivity index is 1.30. The Kier molecular flexibility index (Phi) is 8.72. The van der Waals surface area contributed by atoms with Crippen LogP contribution in [-0.4, -0.2) is 67.8 Å². The average molecular weight is 577 g/mol. The number of morpholine rings is 1. The Morgan fingerprint density at radius 3 is 2.54 bits per heavy atom. The predicted octanol–water partition coefficient (Wildman–Crippen LogP) is 5.63. The molecule has 0 spiro atoms. The Morgan fingerprint density at radius 2 is 1.80 bits per heavy atom. The van der Waals surface area contributed by atoms with Crippen molar-refractivity contribution in [3.8, 4) is 10.4 Å². The molecule has 2 aliphatic heterocycles. The van der Waals surface area contributed by atoms with Crippen LogP contribution in [-0.2, 0) is 20.7 Å². The molecule has 3 amide bonds. The van der Waals surface area contributed by atoms with Gasteiger partial charge in [0.05, 0.1) is 31.0 Å². The number of anilines is 3. The van der Waals surface area contributed by atoms with Crippen LogP contribution in [0, 0.1) is 0 Å². The second-order valence-electron chi connectivity index (χ2n) is 11.2. The van der Waals surface area contributed by atoms with E-state index < -0.39 is 11.7 Å². The van der Waals surface area contributed by atoms with Crippen molar-refractivity contribution in [1.82, 2.24) is 4.90 Å². The molecule has 1 aromatic heterocycles. The van der Waals surface area contributed by atoms with Gasteiger partial charge in [0.15, 0.2) is 0 Å². The van der Waals surface area contributed by atoms with Crippen molar-refractivity contribution in [2.75, 3.05) is 54.9 Å². The van der Waals surface area contributed by atoms with Gasteiger partial charge in [-0.2, -0.15) is 0 Å². The van der Waals surface area contributed by atoms with Crippen LogP contribution < -0.4 is 15.5 Å². The number of nitrogens with zero attached hydrogens (tertiary/aromatic N) is 2. The number of carbonyl (C=O) groups excluding carboxylic acids is 3. The molecule has 0 bridgehead atoms. The molecule has 10 heteroatoms. The first-order valence-corrected chi connectivity index (χ1v) is 14.8. The van der Waals surface area contributed by atoms with Crippen molar-refractivity contribution < 1.29 is 23.9 Å². The lowest BCUT2D eigenvalue weighted by Gasteiger charge is -2.27. The number of carbonyl (C=O) groups is 3. The standard InChI is InChI=1S/C31H36N4O5S/c1-31(2,3)40-30(38)33-24-9-7-21(27-6-4-17-41-27)19-25(24)32-29(37)22-8-10-26-23(18-22)20-28(36)35(26)12-5-11-34-13-15-39-16-14-34/h4,6-10,17-19H,5,11-16,20H2,1-3H3,(H,32,37)(H,33,38). The molecule has 41 heavy (non-hydrogen) atoms. The summed E-state index contributed by atoms with van der Waals surface area (Å²) in [5, 5.41) is 7.71. The number of nitrogens with one attached hydrogen (secondary N) is 2. The minimum Gasteiger partial charge on any atom is -0.444 e. The Morgan fingerprint density at radius 1 is 1.00 bits per heavy atom. The number of benzene rings is 2. The third-order valence-electron chi connectivity index (χ3n) is 6.94. The quantitative estimate of drug-likeness (QED) is 0.361. The molecule has 2 N–H and O–H groups in total. The molecule has 2 aliphatic rings. The van der Waals surface area contributed by atoms with E-state index in [4.69, 9.17) is 9.47 Å². The number of hydrogen-bond donors (Lipinski definition) is 2. The maximum atomic E-state index is 13.4. The molecule has 5 rings (SSSR count). The number of amides is 3. The van der Waals surface area contributed by atoms with Gasteiger partial charge in [-0.3, -0.25) is 19.8 Å². The van der Waals surface area contributed by atoms with Gasteiger partial charge in [0.2, 0.25) is 5.91 Å². The zero-order chi connectivity index (χ0) is 29.0. The van der Waals surface area contributed by atoms with E-state index in [-0.39, 0.29) is 18.2 Å². The van der Waals surface area contributed by atoms with Crippen molar-refractivity contribution in [1.29, 1.82) is 0 Å². The SMILES string of the molecule is CC(C)(C)OC(=O)Nc1ccc(-c2cccs2)cc1NC(=O)c1ccc2c(c1)CC(=O)N2CCCN1CCOCC1. The lowest BCUT2D eigenvalue weighted by Crippen LogP contribution is -2.38. The zero-order valence-corrected chi connectivity index (χ0v) is 24.5. The molecule has 216 valence electrons. The highest BCUT2D eigenvalue weighted by Crippen LogP contribution is 2.33. The first kappa shape index (κ1) is 28.8. The van der Waals surface area contributed by atoms with E-state index in [1.807, 2.05) is 40.6 Å². The summed E-state index contributed by atoms with van der Waals surface area (Å²) in [5.41, 5.74) is 3.27. The predicted molar refractivity (Wildman–Crippen MR) is 162 cm³/mol. The molecular formula is C31H36N4O5S. The van der Waals surface area contributed by atoms with Crippen molar-refractivity contribution in [3.63, 3.8) is 0 Å². The summed E-state index contributed by atoms with van der Waals surface area (Å²) in [6.07, 6.45) is 0.538. The second kappa shape index (κ2) is 12.4. The van der Waals surface area contributed by atoms with Crippen molar-refractivity contribution in [2.45, 2.75) is 39.2 Å². The summed E-state index contributed by atoms with van der Waals surface area (Å²) in [6.45, 7) is 10.3. The smallest absolute Gasteiger partial charge is 0.412 e. The van der Waals surface area contributed by atoms with E-state index in [9.17, 15) is 14.4 Å². The highest BCUT2D eigenvalue weighted by Gasteiger charge is 2.28. The summed E-state index contributed by atoms with van der Waals surface area (Å²) in [5.74, 6) is -0.284. The number of fused-ring (bicyclic) bond motifs is 1. The van der Waals surface area contributed by atoms with Crippen LogP contribution in [0.1, 0.15) is 43.1 Å². The van der Waals surface area contributed by atoms with Crippen LogP contribution in [0.5, 0.6) is 0 Å². The molecule has 0 aliphatic carbocycles. The molecule has 3 heterocycles. The van der Waals surface area contributed by atoms with E-state index in [1.54, 1.807) is 50.3 Å². The van der Waals surface area contributed by atoms with Gasteiger partial charge in [0.1, 0.15) is 5.60 Å². The number of rotatable bonds is 8. The molecule has 3 aromatic rings. The van der Waals surface area contributed by atoms with Gasteiger partial charge in [0.25, 0.3) is 5.91 Å². The third-order valence-corrected chi connectivity index (χ3v) is 7.86. The third kappa shape index (κ3) is 7.32. The van der Waals surface area contributed by atoms with Crippen LogP contribution in [0.25, 0.3) is 10.4 Å². The maximum absolute atomic E-state index is 13.4. The molecule has 9 nitrogen and oxygen atoms in total. The van der Waals surface area contributed by atoms with E-state index in [0.717, 1.165) is 61.0 Å². The normalized spacial score (nSPS) is 15.5. The minimum atomic E-state index is -0.664. The van der Waals surface area contributed by atoms with Gasteiger partial charge < -0.3 is 19.7 Å². The van der Waals surface area contributed by atoms with Gasteiger partial charge in [-0.1, -0.05) is 12.1 Å². The van der Waals surface area contributed by atoms with Crippen molar-refractivity contribution in [3.05, 3.63) is 65.0 Å². The monoisotopic (exact) mass is 576 g/mol. The van der Waals surface area contributed by atoms with Crippen LogP contribution in [0.15, 0.2) is 53.9 Å². The highest BCUT2D eigenvalue weighted by molar-refractivity contribution is 7.13. The van der Waals surface area contributed by atoms with E-state index in [0.29, 0.717) is 23.5 Å². The first-order valence-electron chi connectivity index (χ1n) is 13.9. The molecule has 2 aromatic carbocycles. The van der Waals surface area contributed by atoms with E-state index in [1.165, 1.54) is 0 Å². The summed E-state index contributed by atoms with van der Waals surface area (Å²) in [4.78, 5) is 44.0. The van der Waals surface area contributed by atoms with Crippen LogP contribution in [0.3, 0.4) is 0 Å². The van der Waals surface area contributed by atoms with Crippen molar-refractivity contribution >= 4 is 46.3 Å². The highest BCUT2D eigenvalue weighted by atomic mass is 32.1. The summed E-state index contributed by atoms with van der Waals surface area (Å²) < 4.78 is 10.8. The summed E-state index contributed by atoms with van der Waals surface area (Å²) in [6, 6.07) is 14.8. The Bertz CT molecular complexity index is 1410. The molecule has 0 atom stereocenters. The lowest BCUT2D eigenvalue weighted by atomic mass is 10.1. The molecule has 1 saturated heterocycles. The number of hydrogen-bond acceptors (Lipinski definition) is 7. The molecule has 0 radical (unpaired) electrons. The molecule has 0 saturated carbocycles. The van der Waals surface area contributed by atoms with Gasteiger partial charge in [-0.15, -0.1) is 11.3 Å². The molecule has 1 fully saturated rings.